The quantitative estimate of drug-likeness (QED) is 0.564. The van der Waals surface area contributed by atoms with Crippen LogP contribution in [0.15, 0.2) is 37.4 Å². The number of nitrogens with two attached hydrogens (primary N) is 1. The Kier molecular flexibility index (Phi) is 3.35. The third-order valence-corrected chi connectivity index (χ3v) is 2.14. The van der Waals surface area contributed by atoms with E-state index in [2.05, 4.69) is 13.2 Å². The molecule has 0 amide bonds. The number of nitrogen functional groups attached to an aromatic ring is 1. The number of phenolic OH excluding ortho intramolecular Hbond substituents is 1. The summed E-state index contributed by atoms with van der Waals surface area (Å²) in [5.74, 6) is 0.232. The Bertz CT molecular complexity index is 356. The predicted molar refractivity (Wildman–Crippen MR) is 60.3 cm³/mol. The summed E-state index contributed by atoms with van der Waals surface area (Å²) >= 11 is 0. The highest BCUT2D eigenvalue weighted by molar-refractivity contribution is 5.60. The van der Waals surface area contributed by atoms with Crippen LogP contribution in [-0.2, 0) is 12.8 Å². The van der Waals surface area contributed by atoms with Crippen LogP contribution < -0.4 is 5.73 Å². The molecule has 1 aromatic rings. The van der Waals surface area contributed by atoms with E-state index in [9.17, 15) is 5.11 Å². The first-order valence-corrected chi connectivity index (χ1v) is 4.51. The van der Waals surface area contributed by atoms with Crippen LogP contribution in [0.2, 0.25) is 0 Å². The van der Waals surface area contributed by atoms with Crippen LogP contribution in [-0.4, -0.2) is 5.11 Å². The van der Waals surface area contributed by atoms with Crippen molar-refractivity contribution in [1.29, 1.82) is 0 Å². The maximum Gasteiger partial charge on any atom is 0.121 e. The lowest BCUT2D eigenvalue weighted by atomic mass is 10.0. The molecule has 0 atom stereocenters. The fourth-order valence-corrected chi connectivity index (χ4v) is 1.39. The Hall–Kier alpha value is -1.70. The molecule has 14 heavy (non-hydrogen) atoms. The fraction of sp³-hybridized carbons (Fsp3) is 0.167. The number of hydrogen-bond acceptors (Lipinski definition) is 2. The van der Waals surface area contributed by atoms with Gasteiger partial charge in [0.1, 0.15) is 5.75 Å². The maximum absolute atomic E-state index is 9.56. The second-order valence-corrected chi connectivity index (χ2v) is 3.12. The summed E-state index contributed by atoms with van der Waals surface area (Å²) in [6, 6.07) is 3.48. The molecule has 0 aliphatic rings. The lowest BCUT2D eigenvalue weighted by Crippen LogP contribution is -1.99. The van der Waals surface area contributed by atoms with E-state index in [4.69, 9.17) is 5.73 Å². The predicted octanol–water partition coefficient (Wildman–Crippen LogP) is 2.43. The van der Waals surface area contributed by atoms with Crippen molar-refractivity contribution in [3.63, 3.8) is 0 Å². The molecule has 0 radical (unpaired) electrons. The monoisotopic (exact) mass is 189 g/mol. The van der Waals surface area contributed by atoms with Gasteiger partial charge in [-0.15, -0.1) is 13.2 Å². The average molecular weight is 189 g/mol. The van der Waals surface area contributed by atoms with Crippen molar-refractivity contribution in [1.82, 2.24) is 0 Å². The van der Waals surface area contributed by atoms with Crippen molar-refractivity contribution in [2.75, 3.05) is 5.73 Å². The molecule has 74 valence electrons. The number of phenols is 1. The van der Waals surface area contributed by atoms with Gasteiger partial charge in [-0.3, -0.25) is 0 Å². The SMILES string of the molecule is C=CCc1ccc(O)c(CC=C)c1N. The molecule has 0 aromatic heterocycles. The van der Waals surface area contributed by atoms with E-state index in [0.717, 1.165) is 17.5 Å². The van der Waals surface area contributed by atoms with Crippen LogP contribution in [0.5, 0.6) is 5.75 Å². The molecule has 0 saturated heterocycles. The Morgan fingerprint density at radius 2 is 1.86 bits per heavy atom. The zero-order valence-corrected chi connectivity index (χ0v) is 8.16. The van der Waals surface area contributed by atoms with Gasteiger partial charge in [0.05, 0.1) is 0 Å². The summed E-state index contributed by atoms with van der Waals surface area (Å²) in [6.45, 7) is 7.28. The second kappa shape index (κ2) is 4.51. The van der Waals surface area contributed by atoms with Gasteiger partial charge in [0.15, 0.2) is 0 Å². The van der Waals surface area contributed by atoms with Gasteiger partial charge in [0, 0.05) is 11.3 Å². The average Bonchev–Trinajstić information content (AvgIpc) is 2.17. The van der Waals surface area contributed by atoms with Gasteiger partial charge < -0.3 is 10.8 Å². The number of anilines is 1. The number of benzene rings is 1. The first-order valence-electron chi connectivity index (χ1n) is 4.51. The van der Waals surface area contributed by atoms with E-state index in [0.29, 0.717) is 12.1 Å². The zero-order chi connectivity index (χ0) is 10.6. The number of rotatable bonds is 4. The van der Waals surface area contributed by atoms with Crippen molar-refractivity contribution in [2.24, 2.45) is 0 Å². The summed E-state index contributed by atoms with van der Waals surface area (Å²) < 4.78 is 0. The first-order chi connectivity index (χ1) is 6.70. The van der Waals surface area contributed by atoms with Crippen LogP contribution in [0.3, 0.4) is 0 Å². The van der Waals surface area contributed by atoms with E-state index in [-0.39, 0.29) is 5.75 Å². The summed E-state index contributed by atoms with van der Waals surface area (Å²) in [4.78, 5) is 0. The van der Waals surface area contributed by atoms with E-state index in [1.807, 2.05) is 6.07 Å². The molecule has 0 saturated carbocycles. The zero-order valence-electron chi connectivity index (χ0n) is 8.16. The van der Waals surface area contributed by atoms with Gasteiger partial charge in [-0.25, -0.2) is 0 Å². The highest BCUT2D eigenvalue weighted by atomic mass is 16.3. The third-order valence-electron chi connectivity index (χ3n) is 2.14. The van der Waals surface area contributed by atoms with E-state index < -0.39 is 0 Å². The topological polar surface area (TPSA) is 46.2 Å². The largest absolute Gasteiger partial charge is 0.508 e. The highest BCUT2D eigenvalue weighted by Gasteiger charge is 2.07. The van der Waals surface area contributed by atoms with Gasteiger partial charge in [0.2, 0.25) is 0 Å². The molecule has 1 rings (SSSR count). The van der Waals surface area contributed by atoms with Crippen molar-refractivity contribution >= 4 is 5.69 Å². The van der Waals surface area contributed by atoms with Gasteiger partial charge in [-0.05, 0) is 24.5 Å². The Morgan fingerprint density at radius 3 is 2.43 bits per heavy atom. The van der Waals surface area contributed by atoms with Crippen LogP contribution >= 0.6 is 0 Å². The van der Waals surface area contributed by atoms with Crippen LogP contribution in [0.4, 0.5) is 5.69 Å². The normalized spacial score (nSPS) is 9.71. The summed E-state index contributed by atoms with van der Waals surface area (Å²) in [6.07, 6.45) is 4.82. The minimum absolute atomic E-state index is 0.232. The highest BCUT2D eigenvalue weighted by Crippen LogP contribution is 2.28. The Morgan fingerprint density at radius 1 is 1.21 bits per heavy atom. The third kappa shape index (κ3) is 1.96. The van der Waals surface area contributed by atoms with Gasteiger partial charge in [-0.2, -0.15) is 0 Å². The van der Waals surface area contributed by atoms with Crippen molar-refractivity contribution in [3.8, 4) is 5.75 Å². The lowest BCUT2D eigenvalue weighted by molar-refractivity contribution is 0.470. The van der Waals surface area contributed by atoms with E-state index in [1.165, 1.54) is 0 Å². The van der Waals surface area contributed by atoms with Crippen LogP contribution in [0.1, 0.15) is 11.1 Å². The van der Waals surface area contributed by atoms with Crippen molar-refractivity contribution < 1.29 is 5.11 Å². The van der Waals surface area contributed by atoms with Crippen LogP contribution in [0.25, 0.3) is 0 Å². The first kappa shape index (κ1) is 10.4. The van der Waals surface area contributed by atoms with Crippen LogP contribution in [0, 0.1) is 0 Å². The number of hydrogen-bond donors (Lipinski definition) is 2. The molecule has 0 bridgehead atoms. The van der Waals surface area contributed by atoms with E-state index in [1.54, 1.807) is 18.2 Å². The molecule has 0 aliphatic carbocycles. The molecule has 2 heteroatoms. The van der Waals surface area contributed by atoms with Gasteiger partial charge in [0.25, 0.3) is 0 Å². The van der Waals surface area contributed by atoms with Crippen molar-refractivity contribution in [3.05, 3.63) is 48.6 Å². The molecule has 0 unspecified atom stereocenters. The standard InChI is InChI=1S/C12H15NO/c1-3-5-9-7-8-11(14)10(6-4-2)12(9)13/h3-4,7-8,14H,1-2,5-6,13H2. The maximum atomic E-state index is 9.56. The molecule has 0 heterocycles. The Labute approximate surface area is 84.4 Å². The van der Waals surface area contributed by atoms with Crippen molar-refractivity contribution in [2.45, 2.75) is 12.8 Å². The molecule has 2 nitrogen and oxygen atoms in total. The Balaban J connectivity index is 3.17. The van der Waals surface area contributed by atoms with E-state index >= 15 is 0 Å². The second-order valence-electron chi connectivity index (χ2n) is 3.12. The molecule has 0 fully saturated rings. The minimum Gasteiger partial charge on any atom is -0.508 e. The summed E-state index contributed by atoms with van der Waals surface area (Å²) in [5, 5.41) is 9.56. The minimum atomic E-state index is 0.232. The summed E-state index contributed by atoms with van der Waals surface area (Å²) in [5.41, 5.74) is 8.29. The molecule has 1 aromatic carbocycles. The summed E-state index contributed by atoms with van der Waals surface area (Å²) in [7, 11) is 0. The lowest BCUT2D eigenvalue weighted by Gasteiger charge is -2.10. The van der Waals surface area contributed by atoms with Gasteiger partial charge in [-0.1, -0.05) is 18.2 Å². The molecule has 0 spiro atoms. The van der Waals surface area contributed by atoms with Gasteiger partial charge >= 0.3 is 0 Å². The molecule has 3 N–H and O–H groups in total. The molecular weight excluding hydrogens is 174 g/mol. The number of aromatic hydroxyl groups is 1. The molecular formula is C12H15NO. The fourth-order valence-electron chi connectivity index (χ4n) is 1.39. The molecule has 0 aliphatic heterocycles. The smallest absolute Gasteiger partial charge is 0.121 e. The number of allylic oxidation sites excluding steroid dienone is 2.